The second-order valence-electron chi connectivity index (χ2n) is 5.53. The van der Waals surface area contributed by atoms with E-state index in [0.29, 0.717) is 27.1 Å². The molecule has 0 radical (unpaired) electrons. The molecule has 3 rings (SSSR count). The summed E-state index contributed by atoms with van der Waals surface area (Å²) in [5, 5.41) is 21.3. The van der Waals surface area contributed by atoms with Gasteiger partial charge in [0.15, 0.2) is 5.17 Å². The molecule has 0 saturated carbocycles. The summed E-state index contributed by atoms with van der Waals surface area (Å²) in [6.07, 6.45) is 1.56. The highest BCUT2D eigenvalue weighted by Crippen LogP contribution is 2.31. The van der Waals surface area contributed by atoms with Crippen LogP contribution in [-0.2, 0) is 9.59 Å². The number of amides is 1. The highest BCUT2D eigenvalue weighted by atomic mass is 32.2. The van der Waals surface area contributed by atoms with Gasteiger partial charge in [-0.15, -0.1) is 0 Å². The maximum absolute atomic E-state index is 12.2. The van der Waals surface area contributed by atoms with Gasteiger partial charge in [-0.2, -0.15) is 0 Å². The van der Waals surface area contributed by atoms with E-state index < -0.39 is 5.97 Å². The van der Waals surface area contributed by atoms with E-state index in [4.69, 9.17) is 9.84 Å². The molecule has 2 aromatic rings. The average Bonchev–Trinajstić information content (AvgIpc) is 2.95. The summed E-state index contributed by atoms with van der Waals surface area (Å²) in [5.41, 5.74) is 1.19. The number of nitrogens with zero attached hydrogens (tertiary/aromatic N) is 1. The van der Waals surface area contributed by atoms with Gasteiger partial charge in [0.25, 0.3) is 5.91 Å². The molecule has 3 N–H and O–H groups in total. The highest BCUT2D eigenvalue weighted by molar-refractivity contribution is 8.18. The van der Waals surface area contributed by atoms with E-state index in [2.05, 4.69) is 10.3 Å². The van der Waals surface area contributed by atoms with Crippen LogP contribution in [0.25, 0.3) is 6.08 Å². The van der Waals surface area contributed by atoms with Crippen molar-refractivity contribution in [1.29, 1.82) is 0 Å². The quantitative estimate of drug-likeness (QED) is 0.661. The number of rotatable bonds is 6. The lowest BCUT2D eigenvalue weighted by atomic mass is 10.2. The minimum atomic E-state index is -0.940. The van der Waals surface area contributed by atoms with Crippen LogP contribution in [0.15, 0.2) is 58.4 Å². The van der Waals surface area contributed by atoms with E-state index >= 15 is 0 Å². The summed E-state index contributed by atoms with van der Waals surface area (Å²) in [6, 6.07) is 13.5. The molecular formula is C19H16N2O5S. The van der Waals surface area contributed by atoms with Crippen LogP contribution in [0, 0.1) is 0 Å². The SMILES string of the molecule is O=C(O)CCOc1ccccc1/C=C1/SC(=Nc2cccc(O)c2)NC1=O. The van der Waals surface area contributed by atoms with Crippen LogP contribution in [-0.4, -0.2) is 33.9 Å². The monoisotopic (exact) mass is 384 g/mol. The van der Waals surface area contributed by atoms with Crippen LogP contribution < -0.4 is 10.1 Å². The lowest BCUT2D eigenvalue weighted by Gasteiger charge is -2.08. The number of carbonyl (C=O) groups is 2. The van der Waals surface area contributed by atoms with Crippen LogP contribution in [0.1, 0.15) is 12.0 Å². The van der Waals surface area contributed by atoms with Crippen molar-refractivity contribution in [3.05, 3.63) is 59.0 Å². The van der Waals surface area contributed by atoms with Gasteiger partial charge < -0.3 is 20.3 Å². The summed E-state index contributed by atoms with van der Waals surface area (Å²) in [4.78, 5) is 27.6. The van der Waals surface area contributed by atoms with Crippen molar-refractivity contribution in [1.82, 2.24) is 5.32 Å². The zero-order chi connectivity index (χ0) is 19.2. The predicted molar refractivity (Wildman–Crippen MR) is 103 cm³/mol. The molecule has 1 aliphatic rings. The van der Waals surface area contributed by atoms with Crippen LogP contribution >= 0.6 is 11.8 Å². The molecule has 0 unspecified atom stereocenters. The van der Waals surface area contributed by atoms with Crippen molar-refractivity contribution in [3.63, 3.8) is 0 Å². The molecule has 8 heteroatoms. The van der Waals surface area contributed by atoms with Crippen molar-refractivity contribution in [3.8, 4) is 11.5 Å². The van der Waals surface area contributed by atoms with Crippen LogP contribution in [0.4, 0.5) is 5.69 Å². The number of amidine groups is 1. The molecule has 7 nitrogen and oxygen atoms in total. The van der Waals surface area contributed by atoms with E-state index in [0.717, 1.165) is 0 Å². The number of carboxylic acids is 1. The second-order valence-corrected chi connectivity index (χ2v) is 6.56. The van der Waals surface area contributed by atoms with E-state index in [1.165, 1.54) is 23.9 Å². The van der Waals surface area contributed by atoms with Gasteiger partial charge in [-0.05, 0) is 36.0 Å². The smallest absolute Gasteiger partial charge is 0.306 e. The zero-order valence-electron chi connectivity index (χ0n) is 14.1. The van der Waals surface area contributed by atoms with Gasteiger partial charge in [-0.3, -0.25) is 9.59 Å². The molecule has 27 heavy (non-hydrogen) atoms. The number of aromatic hydroxyl groups is 1. The molecular weight excluding hydrogens is 368 g/mol. The molecule has 0 aromatic heterocycles. The fourth-order valence-electron chi connectivity index (χ4n) is 2.28. The van der Waals surface area contributed by atoms with Gasteiger partial charge in [-0.25, -0.2) is 4.99 Å². The second kappa shape index (κ2) is 8.41. The highest BCUT2D eigenvalue weighted by Gasteiger charge is 2.24. The number of carbonyl (C=O) groups excluding carboxylic acids is 1. The summed E-state index contributed by atoms with van der Waals surface area (Å²) >= 11 is 1.17. The third-order valence-corrected chi connectivity index (χ3v) is 4.40. The Hall–Kier alpha value is -3.26. The van der Waals surface area contributed by atoms with Gasteiger partial charge in [0.2, 0.25) is 0 Å². The molecule has 1 fully saturated rings. The number of phenols is 1. The number of nitrogens with one attached hydrogen (secondary N) is 1. The summed E-state index contributed by atoms with van der Waals surface area (Å²) in [7, 11) is 0. The standard InChI is InChI=1S/C19H16N2O5S/c22-14-6-3-5-13(11-14)20-19-21-18(25)16(27-19)10-12-4-1-2-7-15(12)26-9-8-17(23)24/h1-7,10-11,22H,8-9H2,(H,23,24)(H,20,21,25)/b16-10+. The summed E-state index contributed by atoms with van der Waals surface area (Å²) < 4.78 is 5.50. The number of thioether (sulfide) groups is 1. The number of hydrogen-bond donors (Lipinski definition) is 3. The van der Waals surface area contributed by atoms with Crippen molar-refractivity contribution in [2.24, 2.45) is 4.99 Å². The predicted octanol–water partition coefficient (Wildman–Crippen LogP) is 3.14. The third kappa shape index (κ3) is 5.11. The first-order chi connectivity index (χ1) is 13.0. The molecule has 0 spiro atoms. The Kier molecular flexibility index (Phi) is 5.77. The van der Waals surface area contributed by atoms with Gasteiger partial charge >= 0.3 is 5.97 Å². The molecule has 0 atom stereocenters. The Morgan fingerprint density at radius 2 is 2.04 bits per heavy atom. The van der Waals surface area contributed by atoms with Gasteiger partial charge in [0.05, 0.1) is 23.6 Å². The lowest BCUT2D eigenvalue weighted by Crippen LogP contribution is -2.19. The van der Waals surface area contributed by atoms with Gasteiger partial charge in [-0.1, -0.05) is 24.3 Å². The first-order valence-corrected chi connectivity index (χ1v) is 8.85. The third-order valence-electron chi connectivity index (χ3n) is 3.49. The topological polar surface area (TPSA) is 108 Å². The zero-order valence-corrected chi connectivity index (χ0v) is 14.9. The number of benzene rings is 2. The summed E-state index contributed by atoms with van der Waals surface area (Å²) in [6.45, 7) is 0.0407. The van der Waals surface area contributed by atoms with Gasteiger partial charge in [0.1, 0.15) is 11.5 Å². The molecule has 2 aromatic carbocycles. The number of hydrogen-bond acceptors (Lipinski definition) is 6. The molecule has 1 amide bonds. The number of phenolic OH excluding ortho intramolecular Hbond substituents is 1. The first-order valence-electron chi connectivity index (χ1n) is 8.03. The first kappa shape index (κ1) is 18.5. The van der Waals surface area contributed by atoms with Crippen molar-refractivity contribution in [2.45, 2.75) is 6.42 Å². The Balaban J connectivity index is 1.78. The largest absolute Gasteiger partial charge is 0.508 e. The van der Waals surface area contributed by atoms with Crippen molar-refractivity contribution in [2.75, 3.05) is 6.61 Å². The van der Waals surface area contributed by atoms with E-state index in [9.17, 15) is 14.7 Å². The van der Waals surface area contributed by atoms with E-state index in [1.54, 1.807) is 42.5 Å². The average molecular weight is 384 g/mol. The Bertz CT molecular complexity index is 939. The Morgan fingerprint density at radius 3 is 2.81 bits per heavy atom. The minimum Gasteiger partial charge on any atom is -0.508 e. The van der Waals surface area contributed by atoms with Crippen molar-refractivity contribution >= 4 is 40.6 Å². The minimum absolute atomic E-state index is 0.0407. The number of para-hydroxylation sites is 1. The number of aliphatic imine (C=N–C) groups is 1. The number of ether oxygens (including phenoxy) is 1. The molecule has 138 valence electrons. The fourth-order valence-corrected chi connectivity index (χ4v) is 3.11. The van der Waals surface area contributed by atoms with E-state index in [-0.39, 0.29) is 24.7 Å². The molecule has 0 aliphatic carbocycles. The van der Waals surface area contributed by atoms with Gasteiger partial charge in [0, 0.05) is 11.6 Å². The molecule has 1 saturated heterocycles. The van der Waals surface area contributed by atoms with Crippen molar-refractivity contribution < 1.29 is 24.5 Å². The molecule has 0 bridgehead atoms. The number of carboxylic acid groups (broad SMARTS) is 1. The van der Waals surface area contributed by atoms with Crippen LogP contribution in [0.2, 0.25) is 0 Å². The van der Waals surface area contributed by atoms with E-state index in [1.807, 2.05) is 0 Å². The normalized spacial score (nSPS) is 16.5. The fraction of sp³-hybridized carbons (Fsp3) is 0.105. The maximum atomic E-state index is 12.2. The Morgan fingerprint density at radius 1 is 1.22 bits per heavy atom. The van der Waals surface area contributed by atoms with Crippen LogP contribution in [0.3, 0.4) is 0 Å². The molecule has 1 aliphatic heterocycles. The molecule has 1 heterocycles. The maximum Gasteiger partial charge on any atom is 0.306 e. The summed E-state index contributed by atoms with van der Waals surface area (Å²) in [5.74, 6) is -0.643. The van der Waals surface area contributed by atoms with Crippen LogP contribution in [0.5, 0.6) is 11.5 Å². The lowest BCUT2D eigenvalue weighted by molar-refractivity contribution is -0.137. The Labute approximate surface area is 159 Å². The number of aliphatic carboxylic acids is 1.